The molecule has 1 saturated heterocycles. The molecule has 0 aliphatic carbocycles. The normalized spacial score (nSPS) is 20.9. The third-order valence-corrected chi connectivity index (χ3v) is 4.40. The molecule has 19 heavy (non-hydrogen) atoms. The number of hydrogen-bond donors (Lipinski definition) is 1. The van der Waals surface area contributed by atoms with E-state index in [4.69, 9.17) is 4.74 Å². The maximum atomic E-state index is 11.7. The summed E-state index contributed by atoms with van der Waals surface area (Å²) in [5.74, 6) is 0. The highest BCUT2D eigenvalue weighted by molar-refractivity contribution is 7.88. The van der Waals surface area contributed by atoms with Crippen LogP contribution in [0.3, 0.4) is 0 Å². The molecule has 0 aromatic heterocycles. The highest BCUT2D eigenvalue weighted by atomic mass is 32.2. The molecule has 0 unspecified atom stereocenters. The second kappa shape index (κ2) is 5.28. The van der Waals surface area contributed by atoms with E-state index in [1.54, 1.807) is 20.8 Å². The number of nitrogens with zero attached hydrogens (tertiary/aromatic N) is 1. The van der Waals surface area contributed by atoms with E-state index in [1.807, 2.05) is 6.92 Å². The Kier molecular flexibility index (Phi) is 4.51. The Bertz CT molecular complexity index is 431. The fourth-order valence-corrected chi connectivity index (χ4v) is 2.83. The largest absolute Gasteiger partial charge is 0.444 e. The van der Waals surface area contributed by atoms with Crippen LogP contribution in [0.5, 0.6) is 0 Å². The Morgan fingerprint density at radius 2 is 1.74 bits per heavy atom. The molecule has 0 aromatic rings. The van der Waals surface area contributed by atoms with Gasteiger partial charge in [0.2, 0.25) is 10.0 Å². The Hall–Kier alpha value is -0.820. The first-order valence-corrected chi connectivity index (χ1v) is 8.22. The summed E-state index contributed by atoms with van der Waals surface area (Å²) < 4.78 is 29.5. The molecule has 0 spiro atoms. The minimum absolute atomic E-state index is 0.413. The maximum Gasteiger partial charge on any atom is 0.408 e. The lowest BCUT2D eigenvalue weighted by atomic mass is 9.91. The summed E-state index contributed by atoms with van der Waals surface area (Å²) in [4.78, 5) is 11.7. The van der Waals surface area contributed by atoms with Crippen molar-refractivity contribution < 1.29 is 17.9 Å². The van der Waals surface area contributed by atoms with Crippen molar-refractivity contribution in [1.82, 2.24) is 9.62 Å². The molecule has 1 heterocycles. The smallest absolute Gasteiger partial charge is 0.408 e. The van der Waals surface area contributed by atoms with Crippen molar-refractivity contribution >= 4 is 16.1 Å². The second-order valence-corrected chi connectivity index (χ2v) is 8.33. The van der Waals surface area contributed by atoms with Crippen LogP contribution in [0.15, 0.2) is 0 Å². The average Bonchev–Trinajstić information content (AvgIpc) is 2.11. The lowest BCUT2D eigenvalue weighted by molar-refractivity contribution is 0.0430. The molecule has 1 amide bonds. The van der Waals surface area contributed by atoms with Crippen LogP contribution in [0.2, 0.25) is 0 Å². The van der Waals surface area contributed by atoms with E-state index in [0.717, 1.165) is 0 Å². The molecule has 1 aliphatic heterocycles. The van der Waals surface area contributed by atoms with Crippen molar-refractivity contribution in [2.24, 2.45) is 0 Å². The van der Waals surface area contributed by atoms with Crippen LogP contribution in [0.1, 0.15) is 40.5 Å². The van der Waals surface area contributed by atoms with E-state index in [2.05, 4.69) is 5.32 Å². The molecule has 0 atom stereocenters. The van der Waals surface area contributed by atoms with Gasteiger partial charge in [0, 0.05) is 18.6 Å². The molecule has 0 bridgehead atoms. The highest BCUT2D eigenvalue weighted by Gasteiger charge is 2.35. The fourth-order valence-electron chi connectivity index (χ4n) is 1.99. The lowest BCUT2D eigenvalue weighted by Gasteiger charge is -2.39. The SMILES string of the molecule is CC1(NC(=O)OC(C)(C)C)CCN(S(C)(=O)=O)CC1. The van der Waals surface area contributed by atoms with E-state index in [0.29, 0.717) is 25.9 Å². The number of alkyl carbamates (subject to hydrolysis) is 1. The van der Waals surface area contributed by atoms with Gasteiger partial charge in [-0.15, -0.1) is 0 Å². The van der Waals surface area contributed by atoms with Gasteiger partial charge in [-0.05, 0) is 40.5 Å². The zero-order chi connectivity index (χ0) is 14.9. The molecule has 0 radical (unpaired) electrons. The minimum Gasteiger partial charge on any atom is -0.444 e. The van der Waals surface area contributed by atoms with Gasteiger partial charge in [-0.2, -0.15) is 0 Å². The summed E-state index contributed by atoms with van der Waals surface area (Å²) in [5, 5.41) is 2.84. The molecule has 7 heteroatoms. The molecular formula is C12H24N2O4S. The number of piperidine rings is 1. The van der Waals surface area contributed by atoms with Gasteiger partial charge in [-0.1, -0.05) is 0 Å². The number of amides is 1. The van der Waals surface area contributed by atoms with Crippen LogP contribution < -0.4 is 5.32 Å². The van der Waals surface area contributed by atoms with Crippen molar-refractivity contribution in [2.75, 3.05) is 19.3 Å². The summed E-state index contributed by atoms with van der Waals surface area (Å²) in [6, 6.07) is 0. The zero-order valence-corrected chi connectivity index (χ0v) is 13.1. The van der Waals surface area contributed by atoms with Crippen LogP contribution in [0, 0.1) is 0 Å². The van der Waals surface area contributed by atoms with Gasteiger partial charge in [0.15, 0.2) is 0 Å². The van der Waals surface area contributed by atoms with Crippen LogP contribution in [0.4, 0.5) is 4.79 Å². The Morgan fingerprint density at radius 3 is 2.11 bits per heavy atom. The second-order valence-electron chi connectivity index (χ2n) is 6.35. The van der Waals surface area contributed by atoms with Crippen LogP contribution in [-0.4, -0.2) is 49.3 Å². The van der Waals surface area contributed by atoms with Crippen LogP contribution >= 0.6 is 0 Å². The summed E-state index contributed by atoms with van der Waals surface area (Å²) in [6.45, 7) is 8.18. The van der Waals surface area contributed by atoms with Crippen molar-refractivity contribution in [2.45, 2.75) is 51.7 Å². The number of nitrogens with one attached hydrogen (secondary N) is 1. The Balaban J connectivity index is 2.55. The summed E-state index contributed by atoms with van der Waals surface area (Å²) in [7, 11) is -3.14. The monoisotopic (exact) mass is 292 g/mol. The van der Waals surface area contributed by atoms with Gasteiger partial charge in [-0.3, -0.25) is 0 Å². The predicted molar refractivity (Wildman–Crippen MR) is 73.4 cm³/mol. The van der Waals surface area contributed by atoms with E-state index in [9.17, 15) is 13.2 Å². The number of sulfonamides is 1. The number of ether oxygens (including phenoxy) is 1. The molecule has 0 aromatic carbocycles. The maximum absolute atomic E-state index is 11.7. The molecule has 112 valence electrons. The van der Waals surface area contributed by atoms with E-state index < -0.39 is 27.3 Å². The molecule has 1 rings (SSSR count). The van der Waals surface area contributed by atoms with Gasteiger partial charge in [-0.25, -0.2) is 17.5 Å². The van der Waals surface area contributed by atoms with Gasteiger partial charge in [0.25, 0.3) is 0 Å². The first-order chi connectivity index (χ1) is 8.41. The van der Waals surface area contributed by atoms with Gasteiger partial charge >= 0.3 is 6.09 Å². The third kappa shape index (κ3) is 5.36. The van der Waals surface area contributed by atoms with Crippen LogP contribution in [0.25, 0.3) is 0 Å². The Morgan fingerprint density at radius 1 is 1.26 bits per heavy atom. The highest BCUT2D eigenvalue weighted by Crippen LogP contribution is 2.23. The fraction of sp³-hybridized carbons (Fsp3) is 0.917. The molecule has 1 N–H and O–H groups in total. The quantitative estimate of drug-likeness (QED) is 0.833. The number of carbonyl (C=O) groups is 1. The number of carbonyl (C=O) groups excluding carboxylic acids is 1. The number of rotatable bonds is 2. The van der Waals surface area contributed by atoms with Crippen molar-refractivity contribution in [1.29, 1.82) is 0 Å². The third-order valence-electron chi connectivity index (χ3n) is 3.10. The summed E-state index contributed by atoms with van der Waals surface area (Å²) >= 11 is 0. The van der Waals surface area contributed by atoms with Gasteiger partial charge < -0.3 is 10.1 Å². The molecule has 6 nitrogen and oxygen atoms in total. The molecule has 1 aliphatic rings. The number of hydrogen-bond acceptors (Lipinski definition) is 4. The van der Waals surface area contributed by atoms with Crippen LogP contribution in [-0.2, 0) is 14.8 Å². The lowest BCUT2D eigenvalue weighted by Crippen LogP contribution is -2.54. The minimum atomic E-state index is -3.14. The standard InChI is InChI=1S/C12H24N2O4S/c1-11(2,3)18-10(15)13-12(4)6-8-14(9-7-12)19(5,16)17/h6-9H2,1-5H3,(H,13,15). The van der Waals surface area contributed by atoms with E-state index >= 15 is 0 Å². The van der Waals surface area contributed by atoms with E-state index in [1.165, 1.54) is 10.6 Å². The van der Waals surface area contributed by atoms with Gasteiger partial charge in [0.05, 0.1) is 6.26 Å². The topological polar surface area (TPSA) is 75.7 Å². The van der Waals surface area contributed by atoms with Crippen molar-refractivity contribution in [3.05, 3.63) is 0 Å². The summed E-state index contributed by atoms with van der Waals surface area (Å²) in [6.07, 6.45) is 1.91. The van der Waals surface area contributed by atoms with E-state index in [-0.39, 0.29) is 0 Å². The summed E-state index contributed by atoms with van der Waals surface area (Å²) in [5.41, 5.74) is -0.947. The zero-order valence-electron chi connectivity index (χ0n) is 12.3. The molecular weight excluding hydrogens is 268 g/mol. The predicted octanol–water partition coefficient (Wildman–Crippen LogP) is 1.33. The van der Waals surface area contributed by atoms with Crippen molar-refractivity contribution in [3.8, 4) is 0 Å². The Labute approximate surface area is 115 Å². The first-order valence-electron chi connectivity index (χ1n) is 6.38. The molecule has 0 saturated carbocycles. The van der Waals surface area contributed by atoms with Crippen molar-refractivity contribution in [3.63, 3.8) is 0 Å². The first kappa shape index (κ1) is 16.2. The molecule has 1 fully saturated rings. The van der Waals surface area contributed by atoms with Gasteiger partial charge in [0.1, 0.15) is 5.60 Å². The average molecular weight is 292 g/mol.